The number of tetrazole rings is 1. The second-order valence-corrected chi connectivity index (χ2v) is 2.83. The molecule has 0 radical (unpaired) electrons. The summed E-state index contributed by atoms with van der Waals surface area (Å²) in [6.07, 6.45) is 0. The van der Waals surface area contributed by atoms with Crippen LogP contribution in [0.2, 0.25) is 0 Å². The minimum Gasteiger partial charge on any atom is -0.508 e. The average Bonchev–Trinajstić information content (AvgIpc) is 2.51. The molecule has 0 aliphatic carbocycles. The number of phenols is 1. The maximum Gasteiger partial charge on any atom is 0.269 e. The van der Waals surface area contributed by atoms with Crippen LogP contribution in [0.15, 0.2) is 24.3 Å². The second kappa shape index (κ2) is 3.51. The lowest BCUT2D eigenvalue weighted by molar-refractivity contribution is 0.475. The van der Waals surface area contributed by atoms with Crippen molar-refractivity contribution in [3.05, 3.63) is 24.3 Å². The number of benzene rings is 1. The smallest absolute Gasteiger partial charge is 0.269 e. The van der Waals surface area contributed by atoms with Crippen LogP contribution in [0.1, 0.15) is 0 Å². The lowest BCUT2D eigenvalue weighted by atomic mass is 10.3. The van der Waals surface area contributed by atoms with Crippen molar-refractivity contribution in [1.82, 2.24) is 19.7 Å². The first-order valence-corrected chi connectivity index (χ1v) is 4.10. The van der Waals surface area contributed by atoms with Gasteiger partial charge in [-0.2, -0.15) is 0 Å². The lowest BCUT2D eigenvalue weighted by Gasteiger charge is -2.00. The molecule has 72 valence electrons. The summed E-state index contributed by atoms with van der Waals surface area (Å²) in [6, 6.07) is 6.56. The molecular weight excluding hydrogens is 206 g/mol. The van der Waals surface area contributed by atoms with E-state index in [1.165, 1.54) is 6.07 Å². The van der Waals surface area contributed by atoms with E-state index in [-0.39, 0.29) is 11.7 Å². The van der Waals surface area contributed by atoms with Crippen molar-refractivity contribution in [2.45, 2.75) is 0 Å². The summed E-state index contributed by atoms with van der Waals surface area (Å²) in [4.78, 5) is 0. The van der Waals surface area contributed by atoms with Crippen LogP contribution >= 0.6 is 11.8 Å². The van der Waals surface area contributed by atoms with Gasteiger partial charge in [0.2, 0.25) is 0 Å². The molecule has 0 unspecified atom stereocenters. The fourth-order valence-electron chi connectivity index (χ4n) is 0.960. The van der Waals surface area contributed by atoms with E-state index >= 15 is 0 Å². The summed E-state index contributed by atoms with van der Waals surface area (Å²) in [5.41, 5.74) is 0.662. The number of hydrogen-bond acceptors (Lipinski definition) is 5. The van der Waals surface area contributed by atoms with Crippen molar-refractivity contribution < 1.29 is 5.11 Å². The van der Waals surface area contributed by atoms with Gasteiger partial charge >= 0.3 is 0 Å². The first-order chi connectivity index (χ1) is 6.74. The summed E-state index contributed by atoms with van der Waals surface area (Å²) < 4.78 is 0.825. The van der Waals surface area contributed by atoms with Gasteiger partial charge in [0, 0.05) is 11.8 Å². The van der Waals surface area contributed by atoms with Gasteiger partial charge in [-0.1, -0.05) is 20.6 Å². The Kier molecular flexibility index (Phi) is 2.19. The topological polar surface area (TPSA) is 75.9 Å². The molecule has 0 atom stereocenters. The number of hydrogen-bond donors (Lipinski definition) is 2. The number of aromatic nitrogens is 4. The van der Waals surface area contributed by atoms with Crippen molar-refractivity contribution in [2.75, 3.05) is 5.32 Å². The molecule has 0 amide bonds. The van der Waals surface area contributed by atoms with E-state index in [4.69, 9.17) is 16.9 Å². The van der Waals surface area contributed by atoms with Crippen LogP contribution in [0.4, 0.5) is 11.6 Å². The van der Waals surface area contributed by atoms with E-state index in [1.54, 1.807) is 18.2 Å². The van der Waals surface area contributed by atoms with Gasteiger partial charge in [0.1, 0.15) is 5.75 Å². The second-order valence-electron chi connectivity index (χ2n) is 2.53. The molecule has 0 saturated heterocycles. The zero-order valence-electron chi connectivity index (χ0n) is 6.92. The molecule has 0 bridgehead atoms. The Hall–Kier alpha value is -1.82. The van der Waals surface area contributed by atoms with E-state index in [9.17, 15) is 0 Å². The van der Waals surface area contributed by atoms with Gasteiger partial charge in [0.05, 0.1) is 11.8 Å². The van der Waals surface area contributed by atoms with Crippen LogP contribution in [0.25, 0.3) is 0 Å². The first kappa shape index (κ1) is 8.76. The Balaban J connectivity index is 2.18. The van der Waals surface area contributed by atoms with Gasteiger partial charge in [0.25, 0.3) is 5.95 Å². The van der Waals surface area contributed by atoms with E-state index < -0.39 is 0 Å². The lowest BCUT2D eigenvalue weighted by Crippen LogP contribution is -1.92. The molecule has 6 nitrogen and oxygen atoms in total. The average molecular weight is 212 g/mol. The number of nitrogens with one attached hydrogen (secondary N) is 1. The summed E-state index contributed by atoms with van der Waals surface area (Å²) in [5.74, 6) is 0.430. The third-order valence-electron chi connectivity index (χ3n) is 1.49. The monoisotopic (exact) mass is 211 g/mol. The molecule has 0 aliphatic rings. The minimum absolute atomic E-state index is 0.160. The maximum absolute atomic E-state index is 9.17. The van der Waals surface area contributed by atoms with Crippen LogP contribution < -0.4 is 5.32 Å². The van der Waals surface area contributed by atoms with Gasteiger partial charge in [-0.25, -0.2) is 0 Å². The quantitative estimate of drug-likeness (QED) is 0.779. The summed E-state index contributed by atoms with van der Waals surface area (Å²) >= 11 is 5.40. The van der Waals surface area contributed by atoms with Crippen molar-refractivity contribution in [2.24, 2.45) is 0 Å². The van der Waals surface area contributed by atoms with Crippen LogP contribution in [0.5, 0.6) is 5.75 Å². The van der Waals surface area contributed by atoms with Gasteiger partial charge in [-0.3, -0.25) is 0 Å². The molecule has 2 N–H and O–H groups in total. The van der Waals surface area contributed by atoms with Crippen LogP contribution in [0, 0.1) is 0 Å². The minimum atomic E-state index is 0.160. The maximum atomic E-state index is 9.17. The number of phenolic OH excluding ortho intramolecular Hbond substituents is 1. The third kappa shape index (κ3) is 1.91. The fraction of sp³-hybridized carbons (Fsp3) is 0. The summed E-state index contributed by atoms with van der Waals surface area (Å²) in [5, 5.41) is 22.7. The molecule has 1 aromatic heterocycles. The van der Waals surface area contributed by atoms with E-state index in [2.05, 4.69) is 20.7 Å². The largest absolute Gasteiger partial charge is 0.508 e. The van der Waals surface area contributed by atoms with Gasteiger partial charge in [-0.05, 0) is 17.3 Å². The highest BCUT2D eigenvalue weighted by Gasteiger charge is 2.01. The molecular formula is C7H6ClN5O. The number of nitrogens with zero attached hydrogens (tertiary/aromatic N) is 4. The van der Waals surface area contributed by atoms with Crippen molar-refractivity contribution in [1.29, 1.82) is 0 Å². The van der Waals surface area contributed by atoms with Crippen LogP contribution in [0.3, 0.4) is 0 Å². The van der Waals surface area contributed by atoms with Crippen LogP contribution in [-0.2, 0) is 0 Å². The Morgan fingerprint density at radius 1 is 1.43 bits per heavy atom. The van der Waals surface area contributed by atoms with E-state index in [1.807, 2.05) is 0 Å². The molecule has 0 saturated carbocycles. The van der Waals surface area contributed by atoms with E-state index in [0.717, 1.165) is 4.32 Å². The van der Waals surface area contributed by atoms with Gasteiger partial charge < -0.3 is 10.4 Å². The molecule has 7 heteroatoms. The predicted octanol–water partition coefficient (Wildman–Crippen LogP) is 1.12. The Morgan fingerprint density at radius 3 is 2.93 bits per heavy atom. The zero-order valence-corrected chi connectivity index (χ0v) is 7.68. The Morgan fingerprint density at radius 2 is 2.29 bits per heavy atom. The van der Waals surface area contributed by atoms with Crippen molar-refractivity contribution in [3.8, 4) is 5.75 Å². The SMILES string of the molecule is Oc1cccc(Nc2nnn(Cl)n2)c1. The predicted molar refractivity (Wildman–Crippen MR) is 50.5 cm³/mol. The van der Waals surface area contributed by atoms with E-state index in [0.29, 0.717) is 5.69 Å². The van der Waals surface area contributed by atoms with Crippen molar-refractivity contribution >= 4 is 23.4 Å². The molecule has 14 heavy (non-hydrogen) atoms. The molecule has 2 rings (SSSR count). The number of rotatable bonds is 2. The Labute approximate surface area is 84.2 Å². The first-order valence-electron chi connectivity index (χ1n) is 3.76. The molecule has 0 spiro atoms. The van der Waals surface area contributed by atoms with Gasteiger partial charge in [-0.15, -0.1) is 0 Å². The molecule has 2 aromatic rings. The number of aromatic hydroxyl groups is 1. The highest BCUT2D eigenvalue weighted by Crippen LogP contribution is 2.17. The molecule has 1 heterocycles. The highest BCUT2D eigenvalue weighted by atomic mass is 35.5. The summed E-state index contributed by atoms with van der Waals surface area (Å²) in [7, 11) is 0. The number of halogens is 1. The summed E-state index contributed by atoms with van der Waals surface area (Å²) in [6.45, 7) is 0. The molecule has 0 aliphatic heterocycles. The van der Waals surface area contributed by atoms with Crippen LogP contribution in [-0.4, -0.2) is 24.8 Å². The third-order valence-corrected chi connectivity index (χ3v) is 1.64. The fourth-order valence-corrected chi connectivity index (χ4v) is 1.07. The standard InChI is InChI=1S/C7H6ClN5O/c8-13-11-7(10-12-13)9-5-2-1-3-6(14)4-5/h1-4,14H,(H,9,11). The van der Waals surface area contributed by atoms with Gasteiger partial charge in [0.15, 0.2) is 0 Å². The molecule has 1 aromatic carbocycles. The normalized spacial score (nSPS) is 10.1. The Bertz CT molecular complexity index is 443. The zero-order chi connectivity index (χ0) is 9.97. The number of anilines is 2. The van der Waals surface area contributed by atoms with Crippen molar-refractivity contribution in [3.63, 3.8) is 0 Å². The highest BCUT2D eigenvalue weighted by molar-refractivity contribution is 6.13. The molecule has 0 fully saturated rings.